The van der Waals surface area contributed by atoms with Crippen LogP contribution < -0.4 is 10.6 Å². The lowest BCUT2D eigenvalue weighted by Gasteiger charge is -2.23. The van der Waals surface area contributed by atoms with Gasteiger partial charge >= 0.3 is 0 Å². The van der Waals surface area contributed by atoms with Gasteiger partial charge in [0, 0.05) is 32.1 Å². The van der Waals surface area contributed by atoms with Crippen molar-refractivity contribution in [2.75, 3.05) is 19.6 Å². The fraction of sp³-hybridized carbons (Fsp3) is 0.714. The van der Waals surface area contributed by atoms with E-state index in [1.165, 1.54) is 0 Å². The van der Waals surface area contributed by atoms with Gasteiger partial charge in [-0.2, -0.15) is 5.10 Å². The summed E-state index contributed by atoms with van der Waals surface area (Å²) in [6.45, 7) is 2.83. The van der Waals surface area contributed by atoms with E-state index in [1.807, 2.05) is 19.3 Å². The molecule has 0 bridgehead atoms. The smallest absolute Gasteiger partial charge is 0.223 e. The van der Waals surface area contributed by atoms with Crippen molar-refractivity contribution >= 4 is 5.91 Å². The summed E-state index contributed by atoms with van der Waals surface area (Å²) in [4.78, 5) is 12.1. The second kappa shape index (κ2) is 4.96. The van der Waals surface area contributed by atoms with Crippen LogP contribution in [0.4, 0.5) is 0 Å². The van der Waals surface area contributed by atoms with E-state index in [9.17, 15) is 4.79 Å². The first-order valence-electron chi connectivity index (χ1n) is 7.17. The summed E-state index contributed by atoms with van der Waals surface area (Å²) in [6.07, 6.45) is 6.15. The summed E-state index contributed by atoms with van der Waals surface area (Å²) in [5.74, 6) is 0.510. The highest BCUT2D eigenvalue weighted by Gasteiger charge is 2.57. The van der Waals surface area contributed by atoms with E-state index in [-0.39, 0.29) is 11.8 Å². The van der Waals surface area contributed by atoms with Gasteiger partial charge in [-0.25, -0.2) is 0 Å². The highest BCUT2D eigenvalue weighted by Crippen LogP contribution is 2.58. The van der Waals surface area contributed by atoms with Crippen molar-refractivity contribution in [1.82, 2.24) is 20.4 Å². The third-order valence-electron chi connectivity index (χ3n) is 4.55. The topological polar surface area (TPSA) is 59.0 Å². The summed E-state index contributed by atoms with van der Waals surface area (Å²) in [5.41, 5.74) is 1.37. The molecular weight excluding hydrogens is 240 g/mol. The minimum absolute atomic E-state index is 0.248. The minimum Gasteiger partial charge on any atom is -0.355 e. The molecule has 1 amide bonds. The van der Waals surface area contributed by atoms with Crippen LogP contribution in [0.15, 0.2) is 12.3 Å². The predicted molar refractivity (Wildman–Crippen MR) is 72.6 cm³/mol. The third kappa shape index (κ3) is 2.66. The molecule has 1 aromatic rings. The van der Waals surface area contributed by atoms with Gasteiger partial charge in [0.25, 0.3) is 0 Å². The Balaban J connectivity index is 1.43. The van der Waals surface area contributed by atoms with Crippen LogP contribution in [-0.2, 0) is 18.3 Å². The average molecular weight is 262 g/mol. The average Bonchev–Trinajstić information content (AvgIpc) is 2.93. The number of rotatable bonds is 4. The van der Waals surface area contributed by atoms with Gasteiger partial charge < -0.3 is 10.6 Å². The molecule has 5 heteroatoms. The van der Waals surface area contributed by atoms with Crippen LogP contribution in [0, 0.1) is 11.3 Å². The van der Waals surface area contributed by atoms with Crippen LogP contribution in [0.2, 0.25) is 0 Å². The predicted octanol–water partition coefficient (Wildman–Crippen LogP) is 0.468. The highest BCUT2D eigenvalue weighted by atomic mass is 16.2. The van der Waals surface area contributed by atoms with Crippen molar-refractivity contribution in [1.29, 1.82) is 0 Å². The maximum Gasteiger partial charge on any atom is 0.223 e. The quantitative estimate of drug-likeness (QED) is 0.829. The molecule has 2 aliphatic rings. The molecule has 104 valence electrons. The van der Waals surface area contributed by atoms with Crippen LogP contribution in [0.5, 0.6) is 0 Å². The van der Waals surface area contributed by atoms with Crippen LogP contribution in [0.1, 0.15) is 25.0 Å². The zero-order valence-electron chi connectivity index (χ0n) is 11.5. The number of carbonyl (C=O) groups excluding carboxylic acids is 1. The maximum atomic E-state index is 12.1. The number of aromatic nitrogens is 2. The lowest BCUT2D eigenvalue weighted by Crippen LogP contribution is -2.34. The van der Waals surface area contributed by atoms with E-state index in [4.69, 9.17) is 0 Å². The molecular formula is C14H22N4O. The Hall–Kier alpha value is -1.36. The van der Waals surface area contributed by atoms with Crippen LogP contribution in [-0.4, -0.2) is 35.3 Å². The number of nitrogens with one attached hydrogen (secondary N) is 2. The Morgan fingerprint density at radius 2 is 2.37 bits per heavy atom. The van der Waals surface area contributed by atoms with E-state index in [2.05, 4.69) is 15.7 Å². The number of carbonyl (C=O) groups is 1. The summed E-state index contributed by atoms with van der Waals surface area (Å²) in [5, 5.41) is 10.7. The van der Waals surface area contributed by atoms with Crippen molar-refractivity contribution in [3.05, 3.63) is 18.0 Å². The Morgan fingerprint density at radius 3 is 3.05 bits per heavy atom. The van der Waals surface area contributed by atoms with Crippen molar-refractivity contribution < 1.29 is 4.79 Å². The molecule has 0 aromatic carbocycles. The van der Waals surface area contributed by atoms with Gasteiger partial charge in [0.05, 0.1) is 5.69 Å². The first-order chi connectivity index (χ1) is 9.20. The van der Waals surface area contributed by atoms with Crippen molar-refractivity contribution in [2.24, 2.45) is 18.4 Å². The normalized spacial score (nSPS) is 24.4. The molecule has 19 heavy (non-hydrogen) atoms. The van der Waals surface area contributed by atoms with E-state index in [1.54, 1.807) is 4.68 Å². The summed E-state index contributed by atoms with van der Waals surface area (Å²) < 4.78 is 1.79. The SMILES string of the molecule is Cn1ccc(CCNC(=O)C2CC23CCNCC3)n1. The molecule has 3 rings (SSSR count). The molecule has 1 atom stereocenters. The molecule has 1 spiro atoms. The zero-order valence-corrected chi connectivity index (χ0v) is 11.5. The van der Waals surface area contributed by atoms with Gasteiger partial charge in [-0.05, 0) is 43.8 Å². The molecule has 1 unspecified atom stereocenters. The standard InChI is InChI=1S/C14H22N4O/c1-18-9-3-11(17-18)2-6-16-13(19)12-10-14(12)4-7-15-8-5-14/h3,9,12,15H,2,4-8,10H2,1H3,(H,16,19). The first kappa shape index (κ1) is 12.7. The molecule has 2 N–H and O–H groups in total. The van der Waals surface area contributed by atoms with Gasteiger partial charge in [0.2, 0.25) is 5.91 Å². The van der Waals surface area contributed by atoms with Gasteiger partial charge in [-0.15, -0.1) is 0 Å². The summed E-state index contributed by atoms with van der Waals surface area (Å²) in [6, 6.07) is 2.00. The fourth-order valence-electron chi connectivity index (χ4n) is 3.23. The second-order valence-corrected chi connectivity index (χ2v) is 5.89. The Labute approximate surface area is 113 Å². The second-order valence-electron chi connectivity index (χ2n) is 5.89. The molecule has 1 aromatic heterocycles. The van der Waals surface area contributed by atoms with Crippen LogP contribution in [0.25, 0.3) is 0 Å². The highest BCUT2D eigenvalue weighted by molar-refractivity contribution is 5.82. The largest absolute Gasteiger partial charge is 0.355 e. The Morgan fingerprint density at radius 1 is 1.58 bits per heavy atom. The van der Waals surface area contributed by atoms with Crippen LogP contribution >= 0.6 is 0 Å². The molecule has 1 saturated carbocycles. The van der Waals surface area contributed by atoms with Gasteiger partial charge in [-0.1, -0.05) is 0 Å². The number of aryl methyl sites for hydroxylation is 1. The lowest BCUT2D eigenvalue weighted by atomic mass is 9.92. The lowest BCUT2D eigenvalue weighted by molar-refractivity contribution is -0.123. The van der Waals surface area contributed by atoms with Crippen molar-refractivity contribution in [2.45, 2.75) is 25.7 Å². The summed E-state index contributed by atoms with van der Waals surface area (Å²) >= 11 is 0. The number of hydrogen-bond donors (Lipinski definition) is 2. The first-order valence-corrected chi connectivity index (χ1v) is 7.17. The number of nitrogens with zero attached hydrogens (tertiary/aromatic N) is 2. The Kier molecular flexibility index (Phi) is 3.31. The molecule has 1 aliphatic carbocycles. The van der Waals surface area contributed by atoms with E-state index in [0.717, 1.165) is 44.5 Å². The van der Waals surface area contributed by atoms with Gasteiger partial charge in [-0.3, -0.25) is 9.48 Å². The number of amides is 1. The van der Waals surface area contributed by atoms with Crippen molar-refractivity contribution in [3.8, 4) is 0 Å². The van der Waals surface area contributed by atoms with Crippen LogP contribution in [0.3, 0.4) is 0 Å². The number of piperidine rings is 1. The molecule has 2 heterocycles. The fourth-order valence-corrected chi connectivity index (χ4v) is 3.23. The van der Waals surface area contributed by atoms with Crippen molar-refractivity contribution in [3.63, 3.8) is 0 Å². The third-order valence-corrected chi connectivity index (χ3v) is 4.55. The van der Waals surface area contributed by atoms with E-state index in [0.29, 0.717) is 12.0 Å². The number of hydrogen-bond acceptors (Lipinski definition) is 3. The molecule has 1 saturated heterocycles. The maximum absolute atomic E-state index is 12.1. The van der Waals surface area contributed by atoms with E-state index < -0.39 is 0 Å². The minimum atomic E-state index is 0.248. The monoisotopic (exact) mass is 262 g/mol. The van der Waals surface area contributed by atoms with Gasteiger partial charge in [0.1, 0.15) is 0 Å². The van der Waals surface area contributed by atoms with Gasteiger partial charge in [0.15, 0.2) is 0 Å². The summed E-state index contributed by atoms with van der Waals surface area (Å²) in [7, 11) is 1.91. The molecule has 2 fully saturated rings. The molecule has 5 nitrogen and oxygen atoms in total. The molecule has 1 aliphatic heterocycles. The van der Waals surface area contributed by atoms with E-state index >= 15 is 0 Å². The zero-order chi connectivity index (χ0) is 13.3. The Bertz CT molecular complexity index is 462. The molecule has 0 radical (unpaired) electrons.